The molecule has 0 spiro atoms. The van der Waals surface area contributed by atoms with Crippen LogP contribution in [0.5, 0.6) is 0 Å². The SMILES string of the molecule is NC(CNCCc1c[nH]c2ccccc12)C(=O)O. The van der Waals surface area contributed by atoms with Crippen molar-refractivity contribution in [1.82, 2.24) is 10.3 Å². The lowest BCUT2D eigenvalue weighted by Gasteiger charge is -2.07. The van der Waals surface area contributed by atoms with E-state index in [0.29, 0.717) is 6.54 Å². The van der Waals surface area contributed by atoms with E-state index < -0.39 is 12.0 Å². The van der Waals surface area contributed by atoms with Gasteiger partial charge in [-0.3, -0.25) is 4.79 Å². The van der Waals surface area contributed by atoms with Crippen LogP contribution in [0.2, 0.25) is 0 Å². The topological polar surface area (TPSA) is 91.1 Å². The zero-order valence-electron chi connectivity index (χ0n) is 10.0. The van der Waals surface area contributed by atoms with E-state index in [1.54, 1.807) is 0 Å². The fraction of sp³-hybridized carbons (Fsp3) is 0.308. The van der Waals surface area contributed by atoms with Crippen LogP contribution in [-0.2, 0) is 11.2 Å². The first-order valence-corrected chi connectivity index (χ1v) is 5.92. The van der Waals surface area contributed by atoms with E-state index in [4.69, 9.17) is 10.8 Å². The second-order valence-electron chi connectivity index (χ2n) is 4.26. The maximum Gasteiger partial charge on any atom is 0.321 e. The van der Waals surface area contributed by atoms with Crippen molar-refractivity contribution in [2.24, 2.45) is 5.73 Å². The molecule has 0 aliphatic heterocycles. The minimum Gasteiger partial charge on any atom is -0.480 e. The molecule has 1 heterocycles. The molecule has 5 heteroatoms. The van der Waals surface area contributed by atoms with Gasteiger partial charge in [-0.25, -0.2) is 0 Å². The number of aromatic amines is 1. The zero-order valence-corrected chi connectivity index (χ0v) is 10.0. The van der Waals surface area contributed by atoms with Crippen LogP contribution in [0.3, 0.4) is 0 Å². The van der Waals surface area contributed by atoms with Gasteiger partial charge in [0.2, 0.25) is 0 Å². The van der Waals surface area contributed by atoms with Gasteiger partial charge in [0.25, 0.3) is 0 Å². The molecule has 0 saturated heterocycles. The van der Waals surface area contributed by atoms with Gasteiger partial charge in [0.1, 0.15) is 6.04 Å². The molecule has 2 rings (SSSR count). The van der Waals surface area contributed by atoms with Crippen LogP contribution in [0.25, 0.3) is 10.9 Å². The molecule has 1 aromatic heterocycles. The number of carboxylic acids is 1. The van der Waals surface area contributed by atoms with Gasteiger partial charge in [-0.15, -0.1) is 0 Å². The number of H-pyrrole nitrogens is 1. The Morgan fingerprint density at radius 1 is 1.44 bits per heavy atom. The van der Waals surface area contributed by atoms with Crippen molar-refractivity contribution < 1.29 is 9.90 Å². The summed E-state index contributed by atoms with van der Waals surface area (Å²) in [5.74, 6) is -0.977. The van der Waals surface area contributed by atoms with Gasteiger partial charge in [0.05, 0.1) is 0 Å². The predicted molar refractivity (Wildman–Crippen MR) is 70.5 cm³/mol. The normalized spacial score (nSPS) is 12.7. The molecule has 18 heavy (non-hydrogen) atoms. The number of benzene rings is 1. The van der Waals surface area contributed by atoms with Gasteiger partial charge in [0, 0.05) is 23.6 Å². The number of carbonyl (C=O) groups is 1. The van der Waals surface area contributed by atoms with Crippen molar-refractivity contribution in [3.63, 3.8) is 0 Å². The Morgan fingerprint density at radius 2 is 2.22 bits per heavy atom. The molecule has 1 atom stereocenters. The van der Waals surface area contributed by atoms with Gasteiger partial charge >= 0.3 is 5.97 Å². The van der Waals surface area contributed by atoms with E-state index in [-0.39, 0.29) is 6.54 Å². The summed E-state index contributed by atoms with van der Waals surface area (Å²) in [6.07, 6.45) is 2.83. The number of para-hydroxylation sites is 1. The van der Waals surface area contributed by atoms with E-state index in [9.17, 15) is 4.79 Å². The minimum absolute atomic E-state index is 0.289. The van der Waals surface area contributed by atoms with E-state index in [0.717, 1.165) is 11.9 Å². The summed E-state index contributed by atoms with van der Waals surface area (Å²) in [7, 11) is 0. The Bertz CT molecular complexity index is 536. The Hall–Kier alpha value is -1.85. The highest BCUT2D eigenvalue weighted by Gasteiger charge is 2.10. The number of hydrogen-bond donors (Lipinski definition) is 4. The lowest BCUT2D eigenvalue weighted by molar-refractivity contribution is -0.138. The molecule has 2 aromatic rings. The number of nitrogens with one attached hydrogen (secondary N) is 2. The van der Waals surface area contributed by atoms with E-state index in [1.165, 1.54) is 10.9 Å². The maximum absolute atomic E-state index is 10.5. The van der Waals surface area contributed by atoms with E-state index in [1.807, 2.05) is 24.4 Å². The number of hydrogen-bond acceptors (Lipinski definition) is 3. The highest BCUT2D eigenvalue weighted by atomic mass is 16.4. The van der Waals surface area contributed by atoms with Gasteiger partial charge < -0.3 is 21.1 Å². The zero-order chi connectivity index (χ0) is 13.0. The van der Waals surface area contributed by atoms with Crippen LogP contribution in [0.15, 0.2) is 30.5 Å². The first-order chi connectivity index (χ1) is 8.68. The Balaban J connectivity index is 1.85. The summed E-state index contributed by atoms with van der Waals surface area (Å²) >= 11 is 0. The summed E-state index contributed by atoms with van der Waals surface area (Å²) in [5, 5.41) is 12.9. The molecule has 0 aliphatic rings. The summed E-state index contributed by atoms with van der Waals surface area (Å²) in [4.78, 5) is 13.7. The van der Waals surface area contributed by atoms with Gasteiger partial charge in [-0.05, 0) is 24.6 Å². The Kier molecular flexibility index (Phi) is 3.96. The second kappa shape index (κ2) is 5.66. The molecule has 0 saturated carbocycles. The maximum atomic E-state index is 10.5. The summed E-state index contributed by atoms with van der Waals surface area (Å²) in [6, 6.07) is 7.27. The molecule has 0 aliphatic carbocycles. The van der Waals surface area contributed by atoms with Crippen LogP contribution in [0.1, 0.15) is 5.56 Å². The van der Waals surface area contributed by atoms with Gasteiger partial charge in [-0.2, -0.15) is 0 Å². The average molecular weight is 247 g/mol. The molecule has 5 N–H and O–H groups in total. The number of aliphatic carboxylic acids is 1. The number of fused-ring (bicyclic) bond motifs is 1. The Labute approximate surface area is 105 Å². The number of nitrogens with two attached hydrogens (primary N) is 1. The lowest BCUT2D eigenvalue weighted by atomic mass is 10.1. The third-order valence-electron chi connectivity index (χ3n) is 2.93. The van der Waals surface area contributed by atoms with Crippen LogP contribution < -0.4 is 11.1 Å². The molecule has 0 fully saturated rings. The third-order valence-corrected chi connectivity index (χ3v) is 2.93. The molecule has 0 bridgehead atoms. The van der Waals surface area contributed by atoms with Crippen molar-refractivity contribution in [3.05, 3.63) is 36.0 Å². The van der Waals surface area contributed by atoms with Crippen LogP contribution >= 0.6 is 0 Å². The highest BCUT2D eigenvalue weighted by molar-refractivity contribution is 5.83. The van der Waals surface area contributed by atoms with Crippen LogP contribution in [-0.4, -0.2) is 35.2 Å². The minimum atomic E-state index is -0.977. The number of rotatable bonds is 6. The fourth-order valence-electron chi connectivity index (χ4n) is 1.91. The van der Waals surface area contributed by atoms with Crippen molar-refractivity contribution in [1.29, 1.82) is 0 Å². The molecule has 5 nitrogen and oxygen atoms in total. The lowest BCUT2D eigenvalue weighted by Crippen LogP contribution is -2.40. The van der Waals surface area contributed by atoms with Crippen molar-refractivity contribution in [3.8, 4) is 0 Å². The van der Waals surface area contributed by atoms with Gasteiger partial charge in [-0.1, -0.05) is 18.2 Å². The molecule has 1 aromatic carbocycles. The molecule has 96 valence electrons. The van der Waals surface area contributed by atoms with Crippen LogP contribution in [0.4, 0.5) is 0 Å². The average Bonchev–Trinajstić information content (AvgIpc) is 2.77. The van der Waals surface area contributed by atoms with E-state index >= 15 is 0 Å². The summed E-state index contributed by atoms with van der Waals surface area (Å²) in [6.45, 7) is 1.00. The van der Waals surface area contributed by atoms with Gasteiger partial charge in [0.15, 0.2) is 0 Å². The molecule has 0 radical (unpaired) electrons. The number of aromatic nitrogens is 1. The Morgan fingerprint density at radius 3 is 3.00 bits per heavy atom. The quantitative estimate of drug-likeness (QED) is 0.566. The van der Waals surface area contributed by atoms with Crippen molar-refractivity contribution >= 4 is 16.9 Å². The third kappa shape index (κ3) is 2.88. The van der Waals surface area contributed by atoms with Crippen LogP contribution in [0, 0.1) is 0 Å². The number of carboxylic acid groups (broad SMARTS) is 1. The van der Waals surface area contributed by atoms with Crippen molar-refractivity contribution in [2.75, 3.05) is 13.1 Å². The second-order valence-corrected chi connectivity index (χ2v) is 4.26. The molecular weight excluding hydrogens is 230 g/mol. The largest absolute Gasteiger partial charge is 0.480 e. The monoisotopic (exact) mass is 247 g/mol. The molecule has 1 unspecified atom stereocenters. The first kappa shape index (κ1) is 12.6. The van der Waals surface area contributed by atoms with Crippen molar-refractivity contribution in [2.45, 2.75) is 12.5 Å². The summed E-state index contributed by atoms with van der Waals surface area (Å²) < 4.78 is 0. The predicted octanol–water partition coefficient (Wildman–Crippen LogP) is 0.712. The summed E-state index contributed by atoms with van der Waals surface area (Å²) in [5.41, 5.74) is 7.74. The highest BCUT2D eigenvalue weighted by Crippen LogP contribution is 2.17. The van der Waals surface area contributed by atoms with E-state index in [2.05, 4.69) is 16.4 Å². The molecular formula is C13H17N3O2. The smallest absolute Gasteiger partial charge is 0.321 e. The fourth-order valence-corrected chi connectivity index (χ4v) is 1.91. The standard InChI is InChI=1S/C13H17N3O2/c14-11(13(17)18)8-15-6-5-9-7-16-12-4-2-1-3-10(9)12/h1-4,7,11,15-16H,5-6,8,14H2,(H,17,18). The molecule has 0 amide bonds. The first-order valence-electron chi connectivity index (χ1n) is 5.92.